The standard InChI is InChI=1S/C15H22N4O/c1-5-19-9-11(2)16-8-14(19)12(3)15(20)17-13-6-7-18(4)10-13/h5,8-9,13H,1,6-7,10H2,2-4H3,(H,17,20)/b14-12+. The fraction of sp³-hybridized carbons (Fsp3) is 0.467. The summed E-state index contributed by atoms with van der Waals surface area (Å²) in [6.45, 7) is 9.44. The summed E-state index contributed by atoms with van der Waals surface area (Å²) >= 11 is 0. The number of carbonyl (C=O) groups is 1. The topological polar surface area (TPSA) is 47.9 Å². The van der Waals surface area contributed by atoms with Crippen molar-refractivity contribution in [3.05, 3.63) is 35.9 Å². The van der Waals surface area contributed by atoms with Crippen LogP contribution in [0.2, 0.25) is 0 Å². The molecule has 2 aliphatic rings. The summed E-state index contributed by atoms with van der Waals surface area (Å²) < 4.78 is 0. The molecule has 1 N–H and O–H groups in total. The minimum atomic E-state index is -0.0356. The SMILES string of the molecule is C=CN1C=C(C)N=C/C1=C(/C)C(=O)NC1CCN(C)C1. The monoisotopic (exact) mass is 274 g/mol. The number of hydrogen-bond donors (Lipinski definition) is 1. The Morgan fingerprint density at radius 2 is 2.35 bits per heavy atom. The Bertz CT molecular complexity index is 504. The maximum absolute atomic E-state index is 12.3. The first-order valence-electron chi connectivity index (χ1n) is 6.85. The largest absolute Gasteiger partial charge is 0.348 e. The average molecular weight is 274 g/mol. The molecule has 2 rings (SSSR count). The third kappa shape index (κ3) is 3.17. The van der Waals surface area contributed by atoms with Crippen molar-refractivity contribution in [1.29, 1.82) is 0 Å². The van der Waals surface area contributed by atoms with E-state index < -0.39 is 0 Å². The highest BCUT2D eigenvalue weighted by molar-refractivity contribution is 5.99. The van der Waals surface area contributed by atoms with Crippen molar-refractivity contribution in [3.63, 3.8) is 0 Å². The number of likely N-dealkylation sites (N-methyl/N-ethyl adjacent to an activating group) is 1. The van der Waals surface area contributed by atoms with Gasteiger partial charge >= 0.3 is 0 Å². The first kappa shape index (κ1) is 14.5. The molecule has 5 heteroatoms. The minimum Gasteiger partial charge on any atom is -0.348 e. The number of nitrogens with one attached hydrogen (secondary N) is 1. The molecule has 20 heavy (non-hydrogen) atoms. The molecule has 0 radical (unpaired) electrons. The number of allylic oxidation sites excluding steroid dienone is 2. The zero-order chi connectivity index (χ0) is 14.7. The summed E-state index contributed by atoms with van der Waals surface area (Å²) in [6, 6.07) is 0.234. The predicted octanol–water partition coefficient (Wildman–Crippen LogP) is 1.47. The molecule has 0 bridgehead atoms. The zero-order valence-electron chi connectivity index (χ0n) is 12.4. The molecule has 2 heterocycles. The van der Waals surface area contributed by atoms with Crippen LogP contribution in [0.4, 0.5) is 0 Å². The molecule has 2 aliphatic heterocycles. The lowest BCUT2D eigenvalue weighted by molar-refractivity contribution is -0.118. The van der Waals surface area contributed by atoms with E-state index in [4.69, 9.17) is 0 Å². The van der Waals surface area contributed by atoms with Crippen molar-refractivity contribution in [2.75, 3.05) is 20.1 Å². The van der Waals surface area contributed by atoms with Gasteiger partial charge in [0.2, 0.25) is 5.91 Å². The zero-order valence-corrected chi connectivity index (χ0v) is 12.4. The summed E-state index contributed by atoms with van der Waals surface area (Å²) in [7, 11) is 2.07. The summed E-state index contributed by atoms with van der Waals surface area (Å²) in [5.41, 5.74) is 2.32. The van der Waals surface area contributed by atoms with E-state index in [9.17, 15) is 4.79 Å². The molecule has 1 atom stereocenters. The Labute approximate surface area is 120 Å². The smallest absolute Gasteiger partial charge is 0.249 e. The van der Waals surface area contributed by atoms with Crippen LogP contribution in [0.15, 0.2) is 40.9 Å². The van der Waals surface area contributed by atoms with Crippen LogP contribution in [0, 0.1) is 0 Å². The Hall–Kier alpha value is -1.88. The molecule has 0 saturated carbocycles. The normalized spacial score (nSPS) is 25.4. The summed E-state index contributed by atoms with van der Waals surface area (Å²) in [6.07, 6.45) is 6.27. The van der Waals surface area contributed by atoms with E-state index in [1.807, 2.05) is 24.9 Å². The van der Waals surface area contributed by atoms with Crippen LogP contribution in [-0.4, -0.2) is 48.1 Å². The van der Waals surface area contributed by atoms with Gasteiger partial charge in [-0.15, -0.1) is 0 Å². The fourth-order valence-corrected chi connectivity index (χ4v) is 2.44. The summed E-state index contributed by atoms with van der Waals surface area (Å²) in [5, 5.41) is 3.08. The second kappa shape index (κ2) is 6.05. The molecule has 0 aromatic carbocycles. The predicted molar refractivity (Wildman–Crippen MR) is 81.0 cm³/mol. The van der Waals surface area contributed by atoms with Gasteiger partial charge in [-0.25, -0.2) is 0 Å². The van der Waals surface area contributed by atoms with Gasteiger partial charge in [-0.3, -0.25) is 9.79 Å². The lowest BCUT2D eigenvalue weighted by Crippen LogP contribution is -2.38. The first-order valence-corrected chi connectivity index (χ1v) is 6.85. The van der Waals surface area contributed by atoms with Crippen molar-refractivity contribution in [2.45, 2.75) is 26.3 Å². The molecule has 0 aromatic heterocycles. The van der Waals surface area contributed by atoms with E-state index in [0.29, 0.717) is 5.57 Å². The number of carbonyl (C=O) groups excluding carboxylic acids is 1. The van der Waals surface area contributed by atoms with E-state index in [-0.39, 0.29) is 11.9 Å². The maximum Gasteiger partial charge on any atom is 0.249 e. The van der Waals surface area contributed by atoms with E-state index >= 15 is 0 Å². The van der Waals surface area contributed by atoms with Gasteiger partial charge in [-0.1, -0.05) is 6.58 Å². The number of nitrogens with zero attached hydrogens (tertiary/aromatic N) is 3. The van der Waals surface area contributed by atoms with E-state index in [2.05, 4.69) is 28.8 Å². The number of aliphatic imine (C=N–C) groups is 1. The average Bonchev–Trinajstić information content (AvgIpc) is 2.83. The van der Waals surface area contributed by atoms with Crippen LogP contribution in [0.1, 0.15) is 20.3 Å². The first-order chi connectivity index (χ1) is 9.51. The van der Waals surface area contributed by atoms with Crippen LogP contribution < -0.4 is 5.32 Å². The number of hydrogen-bond acceptors (Lipinski definition) is 4. The fourth-order valence-electron chi connectivity index (χ4n) is 2.44. The molecule has 0 spiro atoms. The third-order valence-electron chi connectivity index (χ3n) is 3.64. The molecule has 1 fully saturated rings. The van der Waals surface area contributed by atoms with Crippen molar-refractivity contribution >= 4 is 12.1 Å². The van der Waals surface area contributed by atoms with E-state index in [0.717, 1.165) is 30.9 Å². The van der Waals surface area contributed by atoms with Crippen LogP contribution in [0.3, 0.4) is 0 Å². The van der Waals surface area contributed by atoms with Gasteiger partial charge < -0.3 is 15.1 Å². The van der Waals surface area contributed by atoms with Gasteiger partial charge in [0.15, 0.2) is 0 Å². The Balaban J connectivity index is 2.10. The molecule has 0 aliphatic carbocycles. The van der Waals surface area contributed by atoms with Crippen molar-refractivity contribution in [3.8, 4) is 0 Å². The Kier molecular flexibility index (Phi) is 4.39. The van der Waals surface area contributed by atoms with Crippen molar-refractivity contribution < 1.29 is 4.79 Å². The lowest BCUT2D eigenvalue weighted by atomic mass is 10.1. The maximum atomic E-state index is 12.3. The third-order valence-corrected chi connectivity index (χ3v) is 3.64. The van der Waals surface area contributed by atoms with Crippen molar-refractivity contribution in [1.82, 2.24) is 15.1 Å². The quantitative estimate of drug-likeness (QED) is 0.793. The molecule has 108 valence electrons. The highest BCUT2D eigenvalue weighted by Gasteiger charge is 2.23. The molecule has 5 nitrogen and oxygen atoms in total. The second-order valence-corrected chi connectivity index (χ2v) is 5.35. The highest BCUT2D eigenvalue weighted by Crippen LogP contribution is 2.17. The molecular formula is C15H22N4O. The van der Waals surface area contributed by atoms with Gasteiger partial charge in [0.25, 0.3) is 0 Å². The molecule has 0 aromatic rings. The number of rotatable bonds is 3. The van der Waals surface area contributed by atoms with Gasteiger partial charge in [0.05, 0.1) is 17.6 Å². The molecule has 1 saturated heterocycles. The second-order valence-electron chi connectivity index (χ2n) is 5.35. The number of likely N-dealkylation sites (tertiary alicyclic amines) is 1. The Morgan fingerprint density at radius 1 is 1.60 bits per heavy atom. The Morgan fingerprint density at radius 3 is 2.95 bits per heavy atom. The van der Waals surface area contributed by atoms with Crippen LogP contribution in [0.5, 0.6) is 0 Å². The van der Waals surface area contributed by atoms with Gasteiger partial charge in [0, 0.05) is 30.6 Å². The highest BCUT2D eigenvalue weighted by atomic mass is 16.1. The summed E-state index contributed by atoms with van der Waals surface area (Å²) in [5.74, 6) is -0.0356. The number of amides is 1. The van der Waals surface area contributed by atoms with Gasteiger partial charge in [-0.05, 0) is 33.9 Å². The van der Waals surface area contributed by atoms with Crippen LogP contribution in [0.25, 0.3) is 0 Å². The van der Waals surface area contributed by atoms with Crippen molar-refractivity contribution in [2.24, 2.45) is 4.99 Å². The van der Waals surface area contributed by atoms with Gasteiger partial charge in [0.1, 0.15) is 0 Å². The van der Waals surface area contributed by atoms with E-state index in [1.54, 1.807) is 12.4 Å². The minimum absolute atomic E-state index is 0.0356. The van der Waals surface area contributed by atoms with Crippen LogP contribution in [-0.2, 0) is 4.79 Å². The summed E-state index contributed by atoms with van der Waals surface area (Å²) in [4.78, 5) is 20.6. The lowest BCUT2D eigenvalue weighted by Gasteiger charge is -2.23. The van der Waals surface area contributed by atoms with Crippen LogP contribution >= 0.6 is 0 Å². The molecular weight excluding hydrogens is 252 g/mol. The molecule has 1 amide bonds. The van der Waals surface area contributed by atoms with E-state index in [1.165, 1.54) is 0 Å². The van der Waals surface area contributed by atoms with Gasteiger partial charge in [-0.2, -0.15) is 0 Å². The molecule has 1 unspecified atom stereocenters.